The summed E-state index contributed by atoms with van der Waals surface area (Å²) in [6.45, 7) is 1.82. The third kappa shape index (κ3) is 4.80. The first-order valence-electron chi connectivity index (χ1n) is 8.76. The Morgan fingerprint density at radius 2 is 1.56 bits per heavy atom. The molecule has 0 aliphatic carbocycles. The number of aromatic hydroxyl groups is 1. The summed E-state index contributed by atoms with van der Waals surface area (Å²) in [5.74, 6) is 0.0378. The van der Waals surface area contributed by atoms with E-state index in [0.29, 0.717) is 26.2 Å². The number of alkyl halides is 3. The highest BCUT2D eigenvalue weighted by molar-refractivity contribution is 5.76. The van der Waals surface area contributed by atoms with Gasteiger partial charge < -0.3 is 10.0 Å². The predicted octanol–water partition coefficient (Wildman–Crippen LogP) is 3.65. The maximum atomic E-state index is 13.2. The van der Waals surface area contributed by atoms with E-state index in [4.69, 9.17) is 0 Å². The Hall–Kier alpha value is -2.54. The highest BCUT2D eigenvalue weighted by Gasteiger charge is 2.34. The Labute approximate surface area is 155 Å². The standard InChI is InChI=1S/C20H21F3N2O2/c21-20(22,23)17-7-3-1-5-15(17)14-25-12-11-24(10-9-19(25)27)13-16-6-2-4-8-18(16)26/h1-8,26H,9-14H2. The molecule has 1 N–H and O–H groups in total. The lowest BCUT2D eigenvalue weighted by Crippen LogP contribution is -2.33. The van der Waals surface area contributed by atoms with Crippen molar-refractivity contribution in [3.8, 4) is 5.75 Å². The van der Waals surface area contributed by atoms with Crippen molar-refractivity contribution < 1.29 is 23.1 Å². The quantitative estimate of drug-likeness (QED) is 0.883. The van der Waals surface area contributed by atoms with Gasteiger partial charge in [0.1, 0.15) is 5.75 Å². The molecule has 0 atom stereocenters. The molecule has 1 amide bonds. The molecule has 1 saturated heterocycles. The normalized spacial score (nSPS) is 16.4. The average molecular weight is 378 g/mol. The largest absolute Gasteiger partial charge is 0.508 e. The van der Waals surface area contributed by atoms with Crippen molar-refractivity contribution in [2.45, 2.75) is 25.7 Å². The van der Waals surface area contributed by atoms with Crippen molar-refractivity contribution in [1.29, 1.82) is 0 Å². The van der Waals surface area contributed by atoms with Crippen molar-refractivity contribution in [1.82, 2.24) is 9.80 Å². The lowest BCUT2D eigenvalue weighted by atomic mass is 10.1. The highest BCUT2D eigenvalue weighted by atomic mass is 19.4. The number of hydrogen-bond acceptors (Lipinski definition) is 3. The summed E-state index contributed by atoms with van der Waals surface area (Å²) in [4.78, 5) is 15.9. The van der Waals surface area contributed by atoms with Crippen molar-refractivity contribution in [3.63, 3.8) is 0 Å². The van der Waals surface area contributed by atoms with Crippen LogP contribution in [0.5, 0.6) is 5.75 Å². The zero-order valence-corrected chi connectivity index (χ0v) is 14.7. The van der Waals surface area contributed by atoms with Crippen LogP contribution in [0.3, 0.4) is 0 Å². The van der Waals surface area contributed by atoms with Crippen LogP contribution in [-0.4, -0.2) is 40.4 Å². The van der Waals surface area contributed by atoms with Gasteiger partial charge in [-0.15, -0.1) is 0 Å². The fraction of sp³-hybridized carbons (Fsp3) is 0.350. The van der Waals surface area contributed by atoms with Crippen LogP contribution in [0.1, 0.15) is 23.1 Å². The number of carbonyl (C=O) groups is 1. The molecule has 0 saturated carbocycles. The van der Waals surface area contributed by atoms with Crippen molar-refractivity contribution in [2.75, 3.05) is 19.6 Å². The summed E-state index contributed by atoms with van der Waals surface area (Å²) >= 11 is 0. The second-order valence-corrected chi connectivity index (χ2v) is 6.63. The van der Waals surface area contributed by atoms with Crippen LogP contribution in [0.25, 0.3) is 0 Å². The second-order valence-electron chi connectivity index (χ2n) is 6.63. The second kappa shape index (κ2) is 8.00. The molecule has 144 valence electrons. The molecule has 0 radical (unpaired) electrons. The number of phenols is 1. The fourth-order valence-electron chi connectivity index (χ4n) is 3.26. The monoisotopic (exact) mass is 378 g/mol. The maximum Gasteiger partial charge on any atom is 0.416 e. The molecule has 1 heterocycles. The van der Waals surface area contributed by atoms with Gasteiger partial charge in [0.2, 0.25) is 5.91 Å². The number of amides is 1. The molecule has 0 unspecified atom stereocenters. The average Bonchev–Trinajstić information content (AvgIpc) is 2.79. The molecule has 0 aromatic heterocycles. The number of para-hydroxylation sites is 1. The van der Waals surface area contributed by atoms with Crippen molar-refractivity contribution in [3.05, 3.63) is 65.2 Å². The number of phenolic OH excluding ortho intramolecular Hbond substituents is 1. The van der Waals surface area contributed by atoms with E-state index in [1.807, 2.05) is 17.0 Å². The van der Waals surface area contributed by atoms with E-state index in [-0.39, 0.29) is 30.2 Å². The Bertz CT molecular complexity index is 808. The zero-order chi connectivity index (χ0) is 19.4. The van der Waals surface area contributed by atoms with Crippen LogP contribution in [0.4, 0.5) is 13.2 Å². The summed E-state index contributed by atoms with van der Waals surface area (Å²) in [5.41, 5.74) is 0.168. The van der Waals surface area contributed by atoms with Gasteiger partial charge >= 0.3 is 6.18 Å². The molecule has 27 heavy (non-hydrogen) atoms. The Kier molecular flexibility index (Phi) is 5.70. The Morgan fingerprint density at radius 3 is 2.26 bits per heavy atom. The highest BCUT2D eigenvalue weighted by Crippen LogP contribution is 2.32. The third-order valence-corrected chi connectivity index (χ3v) is 4.75. The molecular weight excluding hydrogens is 357 g/mol. The number of rotatable bonds is 4. The zero-order valence-electron chi connectivity index (χ0n) is 14.7. The fourth-order valence-corrected chi connectivity index (χ4v) is 3.26. The number of hydrogen-bond donors (Lipinski definition) is 1. The van der Waals surface area contributed by atoms with Crippen LogP contribution >= 0.6 is 0 Å². The molecule has 3 rings (SSSR count). The molecular formula is C20H21F3N2O2. The smallest absolute Gasteiger partial charge is 0.416 e. The van der Waals surface area contributed by atoms with E-state index >= 15 is 0 Å². The summed E-state index contributed by atoms with van der Waals surface area (Å²) in [6, 6.07) is 12.4. The first-order chi connectivity index (χ1) is 12.8. The van der Waals surface area contributed by atoms with Crippen LogP contribution in [-0.2, 0) is 24.1 Å². The van der Waals surface area contributed by atoms with Gasteiger partial charge in [0.15, 0.2) is 0 Å². The molecule has 2 aromatic carbocycles. The van der Waals surface area contributed by atoms with Gasteiger partial charge in [-0.1, -0.05) is 36.4 Å². The number of halogens is 3. The summed E-state index contributed by atoms with van der Waals surface area (Å²) in [7, 11) is 0. The summed E-state index contributed by atoms with van der Waals surface area (Å²) < 4.78 is 39.6. The minimum atomic E-state index is -4.44. The lowest BCUT2D eigenvalue weighted by Gasteiger charge is -2.24. The number of carbonyl (C=O) groups excluding carboxylic acids is 1. The molecule has 2 aromatic rings. The van der Waals surface area contributed by atoms with E-state index in [1.54, 1.807) is 18.2 Å². The molecule has 7 heteroatoms. The number of benzene rings is 2. The van der Waals surface area contributed by atoms with Gasteiger partial charge in [0, 0.05) is 44.7 Å². The van der Waals surface area contributed by atoms with E-state index in [2.05, 4.69) is 0 Å². The van der Waals surface area contributed by atoms with Gasteiger partial charge in [0.05, 0.1) is 5.56 Å². The molecule has 0 spiro atoms. The van der Waals surface area contributed by atoms with Gasteiger partial charge in [-0.25, -0.2) is 0 Å². The summed E-state index contributed by atoms with van der Waals surface area (Å²) in [6.07, 6.45) is -4.20. The Balaban J connectivity index is 1.69. The minimum Gasteiger partial charge on any atom is -0.508 e. The first-order valence-corrected chi connectivity index (χ1v) is 8.76. The van der Waals surface area contributed by atoms with Crippen molar-refractivity contribution >= 4 is 5.91 Å². The Morgan fingerprint density at radius 1 is 0.889 bits per heavy atom. The van der Waals surface area contributed by atoms with Crippen LogP contribution in [0.2, 0.25) is 0 Å². The molecule has 4 nitrogen and oxygen atoms in total. The van der Waals surface area contributed by atoms with E-state index in [9.17, 15) is 23.1 Å². The van der Waals surface area contributed by atoms with Crippen LogP contribution in [0, 0.1) is 0 Å². The summed E-state index contributed by atoms with van der Waals surface area (Å²) in [5, 5.41) is 9.91. The van der Waals surface area contributed by atoms with E-state index < -0.39 is 11.7 Å². The van der Waals surface area contributed by atoms with Gasteiger partial charge in [-0.05, 0) is 17.7 Å². The predicted molar refractivity (Wildman–Crippen MR) is 94.9 cm³/mol. The molecule has 0 bridgehead atoms. The first kappa shape index (κ1) is 19.2. The SMILES string of the molecule is O=C1CCN(Cc2ccccc2O)CCN1Cc1ccccc1C(F)(F)F. The van der Waals surface area contributed by atoms with Gasteiger partial charge in [0.25, 0.3) is 0 Å². The number of nitrogens with zero attached hydrogens (tertiary/aromatic N) is 2. The molecule has 1 aliphatic heterocycles. The van der Waals surface area contributed by atoms with Gasteiger partial charge in [-0.2, -0.15) is 13.2 Å². The third-order valence-electron chi connectivity index (χ3n) is 4.75. The van der Waals surface area contributed by atoms with E-state index in [1.165, 1.54) is 17.0 Å². The van der Waals surface area contributed by atoms with Crippen LogP contribution in [0.15, 0.2) is 48.5 Å². The lowest BCUT2D eigenvalue weighted by molar-refractivity contribution is -0.139. The topological polar surface area (TPSA) is 43.8 Å². The van der Waals surface area contributed by atoms with Gasteiger partial charge in [-0.3, -0.25) is 9.69 Å². The van der Waals surface area contributed by atoms with Crippen molar-refractivity contribution in [2.24, 2.45) is 0 Å². The maximum absolute atomic E-state index is 13.2. The minimum absolute atomic E-state index is 0.0566. The molecule has 1 aliphatic rings. The van der Waals surface area contributed by atoms with E-state index in [0.717, 1.165) is 11.6 Å². The molecule has 1 fully saturated rings. The van der Waals surface area contributed by atoms with Crippen LogP contribution < -0.4 is 0 Å².